The monoisotopic (exact) mass is 258 g/mol. The van der Waals surface area contributed by atoms with Crippen LogP contribution in [0.25, 0.3) is 0 Å². The maximum atomic E-state index is 11.4. The van der Waals surface area contributed by atoms with Gasteiger partial charge in [-0.2, -0.15) is 0 Å². The molecule has 0 aromatic rings. The molecule has 4 heteroatoms. The van der Waals surface area contributed by atoms with Crippen molar-refractivity contribution in [2.45, 2.75) is 71.6 Å². The highest BCUT2D eigenvalue weighted by Crippen LogP contribution is 2.34. The molecule has 0 bridgehead atoms. The number of carbonyl (C=O) groups is 2. The fourth-order valence-electron chi connectivity index (χ4n) is 2.42. The highest BCUT2D eigenvalue weighted by Gasteiger charge is 2.34. The van der Waals surface area contributed by atoms with Crippen molar-refractivity contribution in [1.82, 2.24) is 0 Å². The lowest BCUT2D eigenvalue weighted by Gasteiger charge is -2.27. The van der Waals surface area contributed by atoms with Gasteiger partial charge in [0.05, 0.1) is 5.41 Å². The Bertz CT molecular complexity index is 263. The van der Waals surface area contributed by atoms with Gasteiger partial charge in [0.1, 0.15) is 0 Å². The minimum atomic E-state index is -0.755. The van der Waals surface area contributed by atoms with Gasteiger partial charge < -0.3 is 10.2 Å². The van der Waals surface area contributed by atoms with Crippen molar-refractivity contribution < 1.29 is 19.8 Å². The summed E-state index contributed by atoms with van der Waals surface area (Å²) in [5, 5.41) is 17.9. The molecule has 0 aliphatic heterocycles. The van der Waals surface area contributed by atoms with Gasteiger partial charge in [-0.1, -0.05) is 39.5 Å². The maximum absolute atomic E-state index is 11.4. The standard InChI is InChI=1S/C14H26O4/c1-3-10-14(4-2,13(17)18)11-8-6-5-7-9-12(15)16/h3-11H2,1-2H3,(H,15,16)(H,17,18). The minimum Gasteiger partial charge on any atom is -0.481 e. The number of aliphatic carboxylic acids is 2. The smallest absolute Gasteiger partial charge is 0.309 e. The van der Waals surface area contributed by atoms with E-state index in [4.69, 9.17) is 5.11 Å². The van der Waals surface area contributed by atoms with E-state index in [1.165, 1.54) is 0 Å². The summed E-state index contributed by atoms with van der Waals surface area (Å²) in [5.74, 6) is -1.44. The molecule has 0 radical (unpaired) electrons. The van der Waals surface area contributed by atoms with E-state index in [9.17, 15) is 14.7 Å². The lowest BCUT2D eigenvalue weighted by molar-refractivity contribution is -0.150. The molecule has 2 N–H and O–H groups in total. The van der Waals surface area contributed by atoms with Crippen molar-refractivity contribution in [3.63, 3.8) is 0 Å². The summed E-state index contributed by atoms with van der Waals surface area (Å²) in [6.07, 6.45) is 6.57. The Kier molecular flexibility index (Phi) is 8.42. The van der Waals surface area contributed by atoms with Crippen molar-refractivity contribution in [2.75, 3.05) is 0 Å². The molecule has 0 aromatic heterocycles. The average Bonchev–Trinajstić information content (AvgIpc) is 2.31. The third-order valence-corrected chi connectivity index (χ3v) is 3.65. The van der Waals surface area contributed by atoms with Crippen LogP contribution in [-0.2, 0) is 9.59 Å². The molecule has 0 spiro atoms. The van der Waals surface area contributed by atoms with Gasteiger partial charge in [0.25, 0.3) is 0 Å². The highest BCUT2D eigenvalue weighted by molar-refractivity contribution is 5.74. The quantitative estimate of drug-likeness (QED) is 0.554. The Labute approximate surface area is 109 Å². The van der Waals surface area contributed by atoms with Crippen LogP contribution >= 0.6 is 0 Å². The molecule has 18 heavy (non-hydrogen) atoms. The van der Waals surface area contributed by atoms with Gasteiger partial charge in [0.15, 0.2) is 0 Å². The van der Waals surface area contributed by atoms with Gasteiger partial charge in [-0.25, -0.2) is 0 Å². The topological polar surface area (TPSA) is 74.6 Å². The first-order valence-electron chi connectivity index (χ1n) is 6.93. The van der Waals surface area contributed by atoms with Crippen LogP contribution < -0.4 is 0 Å². The van der Waals surface area contributed by atoms with Crippen LogP contribution in [0.5, 0.6) is 0 Å². The van der Waals surface area contributed by atoms with E-state index >= 15 is 0 Å². The predicted octanol–water partition coefficient (Wildman–Crippen LogP) is 3.69. The third-order valence-electron chi connectivity index (χ3n) is 3.65. The van der Waals surface area contributed by atoms with Gasteiger partial charge >= 0.3 is 11.9 Å². The molecule has 1 atom stereocenters. The molecule has 0 aliphatic carbocycles. The molecule has 0 rings (SSSR count). The molecule has 0 fully saturated rings. The fraction of sp³-hybridized carbons (Fsp3) is 0.857. The average molecular weight is 258 g/mol. The molecule has 0 aromatic carbocycles. The minimum absolute atomic E-state index is 0.215. The molecule has 0 heterocycles. The van der Waals surface area contributed by atoms with Crippen molar-refractivity contribution >= 4 is 11.9 Å². The SMILES string of the molecule is CCCC(CC)(CCCCCCC(=O)O)C(=O)O. The van der Waals surface area contributed by atoms with Crippen LogP contribution in [0.4, 0.5) is 0 Å². The molecule has 0 aliphatic rings. The first-order valence-corrected chi connectivity index (χ1v) is 6.93. The second-order valence-corrected chi connectivity index (χ2v) is 5.00. The summed E-state index contributed by atoms with van der Waals surface area (Å²) in [7, 11) is 0. The highest BCUT2D eigenvalue weighted by atomic mass is 16.4. The second kappa shape index (κ2) is 8.95. The number of carboxylic acid groups (broad SMARTS) is 2. The zero-order valence-electron chi connectivity index (χ0n) is 11.6. The Morgan fingerprint density at radius 3 is 2.00 bits per heavy atom. The summed E-state index contributed by atoms with van der Waals surface area (Å²) in [5.41, 5.74) is -0.568. The van der Waals surface area contributed by atoms with Crippen LogP contribution in [0.15, 0.2) is 0 Å². The Morgan fingerprint density at radius 1 is 0.944 bits per heavy atom. The molecule has 0 saturated carbocycles. The predicted molar refractivity (Wildman–Crippen MR) is 70.6 cm³/mol. The van der Waals surface area contributed by atoms with E-state index in [1.54, 1.807) is 0 Å². The summed E-state index contributed by atoms with van der Waals surface area (Å²) in [6, 6.07) is 0. The summed E-state index contributed by atoms with van der Waals surface area (Å²) < 4.78 is 0. The fourth-order valence-corrected chi connectivity index (χ4v) is 2.42. The Morgan fingerprint density at radius 2 is 1.56 bits per heavy atom. The first kappa shape index (κ1) is 16.9. The van der Waals surface area contributed by atoms with Crippen LogP contribution in [-0.4, -0.2) is 22.2 Å². The van der Waals surface area contributed by atoms with E-state index in [0.29, 0.717) is 19.3 Å². The zero-order valence-corrected chi connectivity index (χ0v) is 11.6. The van der Waals surface area contributed by atoms with E-state index in [0.717, 1.165) is 32.1 Å². The van der Waals surface area contributed by atoms with Gasteiger partial charge in [0.2, 0.25) is 0 Å². The zero-order chi connectivity index (χ0) is 14.0. The largest absolute Gasteiger partial charge is 0.481 e. The second-order valence-electron chi connectivity index (χ2n) is 5.00. The number of carboxylic acids is 2. The lowest BCUT2D eigenvalue weighted by Crippen LogP contribution is -2.30. The van der Waals surface area contributed by atoms with Crippen LogP contribution in [0.3, 0.4) is 0 Å². The molecular formula is C14H26O4. The van der Waals surface area contributed by atoms with Gasteiger partial charge in [-0.3, -0.25) is 9.59 Å². The number of hydrogen-bond acceptors (Lipinski definition) is 2. The molecule has 4 nitrogen and oxygen atoms in total. The molecule has 0 saturated heterocycles. The Hall–Kier alpha value is -1.06. The van der Waals surface area contributed by atoms with Crippen LogP contribution in [0, 0.1) is 5.41 Å². The summed E-state index contributed by atoms with van der Waals surface area (Å²) in [4.78, 5) is 21.7. The van der Waals surface area contributed by atoms with E-state index in [-0.39, 0.29) is 6.42 Å². The van der Waals surface area contributed by atoms with Crippen LogP contribution in [0.1, 0.15) is 71.6 Å². The molecule has 0 amide bonds. The van der Waals surface area contributed by atoms with E-state index < -0.39 is 17.4 Å². The van der Waals surface area contributed by atoms with E-state index in [2.05, 4.69) is 0 Å². The van der Waals surface area contributed by atoms with Gasteiger partial charge in [0, 0.05) is 6.42 Å². The summed E-state index contributed by atoms with van der Waals surface area (Å²) >= 11 is 0. The van der Waals surface area contributed by atoms with Crippen molar-refractivity contribution in [3.05, 3.63) is 0 Å². The lowest BCUT2D eigenvalue weighted by atomic mass is 9.76. The van der Waals surface area contributed by atoms with Crippen LogP contribution in [0.2, 0.25) is 0 Å². The summed E-state index contributed by atoms with van der Waals surface area (Å²) in [6.45, 7) is 3.95. The van der Waals surface area contributed by atoms with Gasteiger partial charge in [-0.05, 0) is 25.7 Å². The number of unbranched alkanes of at least 4 members (excludes halogenated alkanes) is 3. The number of rotatable bonds is 11. The molecular weight excluding hydrogens is 232 g/mol. The van der Waals surface area contributed by atoms with Crippen molar-refractivity contribution in [3.8, 4) is 0 Å². The Balaban J connectivity index is 3.97. The van der Waals surface area contributed by atoms with Crippen molar-refractivity contribution in [2.24, 2.45) is 5.41 Å². The maximum Gasteiger partial charge on any atom is 0.309 e. The third kappa shape index (κ3) is 6.03. The normalized spacial score (nSPS) is 14.1. The molecule has 106 valence electrons. The first-order chi connectivity index (χ1) is 8.48. The van der Waals surface area contributed by atoms with E-state index in [1.807, 2.05) is 13.8 Å². The van der Waals surface area contributed by atoms with Crippen molar-refractivity contribution in [1.29, 1.82) is 0 Å². The molecule has 1 unspecified atom stereocenters. The van der Waals surface area contributed by atoms with Gasteiger partial charge in [-0.15, -0.1) is 0 Å². The number of hydrogen-bond donors (Lipinski definition) is 2.